The van der Waals surface area contributed by atoms with Crippen LogP contribution in [-0.2, 0) is 22.6 Å². The quantitative estimate of drug-likeness (QED) is 0.860. The van der Waals surface area contributed by atoms with E-state index in [0.717, 1.165) is 57.4 Å². The lowest BCUT2D eigenvalue weighted by Crippen LogP contribution is -2.44. The lowest BCUT2D eigenvalue weighted by molar-refractivity contribution is -0.142. The largest absolute Gasteiger partial charge is 0.480 e. The molecule has 2 aliphatic heterocycles. The number of carboxylic acids is 1. The Kier molecular flexibility index (Phi) is 4.93. The van der Waals surface area contributed by atoms with Crippen molar-refractivity contribution in [1.82, 2.24) is 14.8 Å². The minimum atomic E-state index is -0.742. The molecule has 3 heterocycles. The molecule has 1 aromatic rings. The Balaban J connectivity index is 1.42. The highest BCUT2D eigenvalue weighted by Gasteiger charge is 2.49. The van der Waals surface area contributed by atoms with Crippen molar-refractivity contribution in [2.24, 2.45) is 11.3 Å². The molecule has 2 saturated heterocycles. The average molecular weight is 371 g/mol. The molecule has 146 valence electrons. The van der Waals surface area contributed by atoms with Gasteiger partial charge in [0.2, 0.25) is 5.91 Å². The van der Waals surface area contributed by atoms with Crippen LogP contribution in [0.3, 0.4) is 0 Å². The lowest BCUT2D eigenvalue weighted by Gasteiger charge is -2.39. The highest BCUT2D eigenvalue weighted by Crippen LogP contribution is 2.44. The first-order valence-corrected chi connectivity index (χ1v) is 10.2. The Labute approximate surface area is 160 Å². The van der Waals surface area contributed by atoms with E-state index in [1.54, 1.807) is 0 Å². The Bertz CT molecular complexity index is 706. The Hall–Kier alpha value is -1.95. The Morgan fingerprint density at radius 1 is 1.26 bits per heavy atom. The maximum Gasteiger partial charge on any atom is 0.320 e. The zero-order valence-corrected chi connectivity index (χ0v) is 16.1. The van der Waals surface area contributed by atoms with Gasteiger partial charge in [0, 0.05) is 38.3 Å². The SMILES string of the molecule is CCc1ccc(CN2CC3(CCN(C(=O)C4CC4)CC3)CC2C(=O)O)nc1. The van der Waals surface area contributed by atoms with Gasteiger partial charge >= 0.3 is 5.97 Å². The van der Waals surface area contributed by atoms with E-state index in [4.69, 9.17) is 0 Å². The third-order valence-corrected chi connectivity index (χ3v) is 6.61. The van der Waals surface area contributed by atoms with E-state index in [0.29, 0.717) is 18.9 Å². The number of carboxylic acid groups (broad SMARTS) is 1. The van der Waals surface area contributed by atoms with Crippen LogP contribution in [0.25, 0.3) is 0 Å². The van der Waals surface area contributed by atoms with Crippen LogP contribution in [0.2, 0.25) is 0 Å². The van der Waals surface area contributed by atoms with Crippen LogP contribution in [0.15, 0.2) is 18.3 Å². The number of aromatic nitrogens is 1. The number of aliphatic carboxylic acids is 1. The number of nitrogens with zero attached hydrogens (tertiary/aromatic N) is 3. The fourth-order valence-corrected chi connectivity index (χ4v) is 4.67. The van der Waals surface area contributed by atoms with Gasteiger partial charge in [-0.3, -0.25) is 19.5 Å². The van der Waals surface area contributed by atoms with E-state index in [2.05, 4.69) is 22.9 Å². The lowest BCUT2D eigenvalue weighted by atomic mass is 9.76. The van der Waals surface area contributed by atoms with E-state index in [-0.39, 0.29) is 11.3 Å². The van der Waals surface area contributed by atoms with Gasteiger partial charge in [-0.25, -0.2) is 0 Å². The Morgan fingerprint density at radius 2 is 2.00 bits per heavy atom. The number of rotatable bonds is 5. The van der Waals surface area contributed by atoms with Crippen LogP contribution < -0.4 is 0 Å². The van der Waals surface area contributed by atoms with Gasteiger partial charge in [-0.2, -0.15) is 0 Å². The van der Waals surface area contributed by atoms with Gasteiger partial charge in [0.05, 0.1) is 5.69 Å². The fraction of sp³-hybridized carbons (Fsp3) is 0.667. The molecule has 6 nitrogen and oxygen atoms in total. The molecule has 3 aliphatic rings. The minimum Gasteiger partial charge on any atom is -0.480 e. The molecule has 1 aliphatic carbocycles. The molecule has 27 heavy (non-hydrogen) atoms. The molecule has 6 heteroatoms. The van der Waals surface area contributed by atoms with E-state index in [1.165, 1.54) is 5.56 Å². The van der Waals surface area contributed by atoms with Crippen molar-refractivity contribution in [2.75, 3.05) is 19.6 Å². The normalized spacial score (nSPS) is 25.1. The molecule has 1 amide bonds. The molecule has 1 atom stereocenters. The minimum absolute atomic E-state index is 0.0206. The van der Waals surface area contributed by atoms with Crippen LogP contribution >= 0.6 is 0 Å². The van der Waals surface area contributed by atoms with Gasteiger partial charge in [-0.05, 0) is 55.6 Å². The second-order valence-electron chi connectivity index (χ2n) is 8.57. The monoisotopic (exact) mass is 371 g/mol. The summed E-state index contributed by atoms with van der Waals surface area (Å²) in [6, 6.07) is 3.63. The van der Waals surface area contributed by atoms with E-state index in [1.807, 2.05) is 17.2 Å². The molecule has 1 spiro atoms. The fourth-order valence-electron chi connectivity index (χ4n) is 4.67. The van der Waals surface area contributed by atoms with Gasteiger partial charge < -0.3 is 10.0 Å². The van der Waals surface area contributed by atoms with Gasteiger partial charge in [0.1, 0.15) is 6.04 Å². The van der Waals surface area contributed by atoms with Gasteiger partial charge in [-0.1, -0.05) is 13.0 Å². The van der Waals surface area contributed by atoms with Crippen molar-refractivity contribution >= 4 is 11.9 Å². The van der Waals surface area contributed by atoms with Gasteiger partial charge in [-0.15, -0.1) is 0 Å². The number of likely N-dealkylation sites (tertiary alicyclic amines) is 2. The van der Waals surface area contributed by atoms with Crippen molar-refractivity contribution in [3.05, 3.63) is 29.6 Å². The first kappa shape index (κ1) is 18.4. The van der Waals surface area contributed by atoms with Crippen molar-refractivity contribution in [3.8, 4) is 0 Å². The molecule has 0 aromatic carbocycles. The third kappa shape index (κ3) is 3.86. The predicted octanol–water partition coefficient (Wildman–Crippen LogP) is 2.32. The molecule has 4 rings (SSSR count). The predicted molar refractivity (Wildman–Crippen MR) is 101 cm³/mol. The summed E-state index contributed by atoms with van der Waals surface area (Å²) >= 11 is 0. The zero-order valence-electron chi connectivity index (χ0n) is 16.1. The highest BCUT2D eigenvalue weighted by molar-refractivity contribution is 5.81. The van der Waals surface area contributed by atoms with E-state index in [9.17, 15) is 14.7 Å². The molecule has 0 bridgehead atoms. The van der Waals surface area contributed by atoms with Crippen LogP contribution in [0.1, 0.15) is 50.3 Å². The summed E-state index contributed by atoms with van der Waals surface area (Å²) in [5.74, 6) is -0.161. The smallest absolute Gasteiger partial charge is 0.320 e. The number of piperidine rings is 1. The number of amides is 1. The molecule has 0 radical (unpaired) electrons. The maximum absolute atomic E-state index is 12.3. The standard InChI is InChI=1S/C21H29N3O3/c1-2-15-3-6-17(22-12-15)13-24-14-21(11-18(24)20(26)27)7-9-23(10-8-21)19(25)16-4-5-16/h3,6,12,16,18H,2,4-5,7-11,13-14H2,1H3,(H,26,27). The number of aryl methyl sites for hydroxylation is 1. The second-order valence-corrected chi connectivity index (χ2v) is 8.57. The number of hydrogen-bond donors (Lipinski definition) is 1. The number of hydrogen-bond acceptors (Lipinski definition) is 4. The summed E-state index contributed by atoms with van der Waals surface area (Å²) in [4.78, 5) is 32.8. The Morgan fingerprint density at radius 3 is 2.56 bits per heavy atom. The summed E-state index contributed by atoms with van der Waals surface area (Å²) in [6.45, 7) is 5.01. The van der Waals surface area contributed by atoms with E-state index < -0.39 is 12.0 Å². The summed E-state index contributed by atoms with van der Waals surface area (Å²) in [5, 5.41) is 9.75. The summed E-state index contributed by atoms with van der Waals surface area (Å²) in [6.07, 6.45) is 7.42. The van der Waals surface area contributed by atoms with Crippen LogP contribution in [0.5, 0.6) is 0 Å². The van der Waals surface area contributed by atoms with Crippen molar-refractivity contribution in [1.29, 1.82) is 0 Å². The van der Waals surface area contributed by atoms with Crippen LogP contribution in [0, 0.1) is 11.3 Å². The summed E-state index contributed by atoms with van der Waals surface area (Å²) in [7, 11) is 0. The third-order valence-electron chi connectivity index (χ3n) is 6.61. The van der Waals surface area contributed by atoms with Crippen molar-refractivity contribution in [2.45, 2.75) is 58.0 Å². The molecule has 1 unspecified atom stereocenters. The van der Waals surface area contributed by atoms with Gasteiger partial charge in [0.15, 0.2) is 0 Å². The highest BCUT2D eigenvalue weighted by atomic mass is 16.4. The average Bonchev–Trinajstić information content (AvgIpc) is 3.46. The van der Waals surface area contributed by atoms with Crippen molar-refractivity contribution in [3.63, 3.8) is 0 Å². The first-order chi connectivity index (χ1) is 13.0. The first-order valence-electron chi connectivity index (χ1n) is 10.2. The van der Waals surface area contributed by atoms with Gasteiger partial charge in [0.25, 0.3) is 0 Å². The zero-order chi connectivity index (χ0) is 19.0. The molecular weight excluding hydrogens is 342 g/mol. The molecule has 1 saturated carbocycles. The van der Waals surface area contributed by atoms with Crippen molar-refractivity contribution < 1.29 is 14.7 Å². The van der Waals surface area contributed by atoms with Crippen LogP contribution in [-0.4, -0.2) is 57.4 Å². The van der Waals surface area contributed by atoms with E-state index >= 15 is 0 Å². The molecular formula is C21H29N3O3. The summed E-state index contributed by atoms with van der Waals surface area (Å²) in [5.41, 5.74) is 2.14. The molecule has 3 fully saturated rings. The number of pyridine rings is 1. The molecule has 1 N–H and O–H groups in total. The number of carbonyl (C=O) groups excluding carboxylic acids is 1. The summed E-state index contributed by atoms with van der Waals surface area (Å²) < 4.78 is 0. The maximum atomic E-state index is 12.3. The molecule has 1 aromatic heterocycles. The second kappa shape index (κ2) is 7.23. The van der Waals surface area contributed by atoms with Crippen LogP contribution in [0.4, 0.5) is 0 Å². The number of carbonyl (C=O) groups is 2. The topological polar surface area (TPSA) is 73.7 Å².